The second-order valence-electron chi connectivity index (χ2n) is 5.20. The Bertz CT molecular complexity index is 570. The summed E-state index contributed by atoms with van der Waals surface area (Å²) in [5, 5.41) is 10.1. The molecule has 0 fully saturated rings. The molecule has 0 heterocycles. The molecule has 0 radical (unpaired) electrons. The Morgan fingerprint density at radius 3 is 2.62 bits per heavy atom. The van der Waals surface area contributed by atoms with E-state index < -0.39 is 15.6 Å². The first-order valence-electron chi connectivity index (χ1n) is 6.57. The highest BCUT2D eigenvalue weighted by molar-refractivity contribution is 7.98. The van der Waals surface area contributed by atoms with Crippen LogP contribution in [0.2, 0.25) is 0 Å². The Balaban J connectivity index is 2.82. The second kappa shape index (κ2) is 7.49. The molecule has 0 saturated carbocycles. The third kappa shape index (κ3) is 5.50. The summed E-state index contributed by atoms with van der Waals surface area (Å²) in [5.41, 5.74) is -0.457. The van der Waals surface area contributed by atoms with Gasteiger partial charge < -0.3 is 9.84 Å². The maximum atomic E-state index is 12.3. The van der Waals surface area contributed by atoms with E-state index in [1.165, 1.54) is 13.2 Å². The fraction of sp³-hybridized carbons (Fsp3) is 0.571. The van der Waals surface area contributed by atoms with Crippen LogP contribution in [-0.2, 0) is 10.0 Å². The zero-order chi connectivity index (χ0) is 16.1. The highest BCUT2D eigenvalue weighted by atomic mass is 32.2. The molecule has 21 heavy (non-hydrogen) atoms. The number of aryl methyl sites for hydroxylation is 1. The number of ether oxygens (including phenoxy) is 1. The van der Waals surface area contributed by atoms with Crippen molar-refractivity contribution in [1.29, 1.82) is 0 Å². The lowest BCUT2D eigenvalue weighted by Gasteiger charge is -2.23. The van der Waals surface area contributed by atoms with Gasteiger partial charge in [0, 0.05) is 6.54 Å². The minimum Gasteiger partial charge on any atom is -0.497 e. The SMILES string of the molecule is COc1ccc(S(=O)(=O)NC[C@](C)(O)CCSC)c(C)c1. The average Bonchev–Trinajstić information content (AvgIpc) is 2.43. The van der Waals surface area contributed by atoms with Gasteiger partial charge in [0.15, 0.2) is 0 Å². The molecule has 1 aromatic carbocycles. The molecular formula is C14H23NO4S2. The van der Waals surface area contributed by atoms with Crippen molar-refractivity contribution in [2.45, 2.75) is 30.8 Å². The van der Waals surface area contributed by atoms with Crippen LogP contribution < -0.4 is 9.46 Å². The molecule has 120 valence electrons. The first kappa shape index (κ1) is 18.3. The number of thioether (sulfide) groups is 1. The molecule has 0 spiro atoms. The van der Waals surface area contributed by atoms with Gasteiger partial charge in [-0.25, -0.2) is 13.1 Å². The molecule has 7 heteroatoms. The third-order valence-corrected chi connectivity index (χ3v) is 5.33. The summed E-state index contributed by atoms with van der Waals surface area (Å²) in [6, 6.07) is 4.78. The lowest BCUT2D eigenvalue weighted by Crippen LogP contribution is -2.41. The van der Waals surface area contributed by atoms with Gasteiger partial charge in [0.25, 0.3) is 0 Å². The van der Waals surface area contributed by atoms with Crippen molar-refractivity contribution < 1.29 is 18.3 Å². The average molecular weight is 333 g/mol. The lowest BCUT2D eigenvalue weighted by molar-refractivity contribution is 0.0626. The van der Waals surface area contributed by atoms with Crippen molar-refractivity contribution in [3.8, 4) is 5.75 Å². The van der Waals surface area contributed by atoms with E-state index in [1.54, 1.807) is 37.7 Å². The van der Waals surface area contributed by atoms with Crippen LogP contribution in [0.5, 0.6) is 5.75 Å². The van der Waals surface area contributed by atoms with Crippen molar-refractivity contribution in [2.24, 2.45) is 0 Å². The zero-order valence-electron chi connectivity index (χ0n) is 12.8. The third-order valence-electron chi connectivity index (χ3n) is 3.16. The van der Waals surface area contributed by atoms with Crippen molar-refractivity contribution in [2.75, 3.05) is 25.7 Å². The number of aliphatic hydroxyl groups is 1. The zero-order valence-corrected chi connectivity index (χ0v) is 14.5. The van der Waals surface area contributed by atoms with Crippen LogP contribution in [0.4, 0.5) is 0 Å². The van der Waals surface area contributed by atoms with Crippen LogP contribution >= 0.6 is 11.8 Å². The highest BCUT2D eigenvalue weighted by Gasteiger charge is 2.24. The Morgan fingerprint density at radius 2 is 2.10 bits per heavy atom. The summed E-state index contributed by atoms with van der Waals surface area (Å²) >= 11 is 1.61. The molecule has 0 aliphatic carbocycles. The summed E-state index contributed by atoms with van der Waals surface area (Å²) in [6.07, 6.45) is 2.47. The van der Waals surface area contributed by atoms with E-state index >= 15 is 0 Å². The Hall–Kier alpha value is -0.760. The smallest absolute Gasteiger partial charge is 0.240 e. The second-order valence-corrected chi connectivity index (χ2v) is 7.92. The summed E-state index contributed by atoms with van der Waals surface area (Å²) in [6.45, 7) is 3.33. The highest BCUT2D eigenvalue weighted by Crippen LogP contribution is 2.21. The number of hydrogen-bond acceptors (Lipinski definition) is 5. The number of nitrogens with one attached hydrogen (secondary N) is 1. The molecule has 1 rings (SSSR count). The van der Waals surface area contributed by atoms with Crippen LogP contribution in [-0.4, -0.2) is 44.8 Å². The maximum absolute atomic E-state index is 12.3. The summed E-state index contributed by atoms with van der Waals surface area (Å²) in [5.74, 6) is 1.38. The predicted molar refractivity (Wildman–Crippen MR) is 86.5 cm³/mol. The minimum atomic E-state index is -3.65. The summed E-state index contributed by atoms with van der Waals surface area (Å²) in [7, 11) is -2.11. The van der Waals surface area contributed by atoms with Gasteiger partial charge in [0.05, 0.1) is 17.6 Å². The van der Waals surface area contributed by atoms with Crippen molar-refractivity contribution in [3.63, 3.8) is 0 Å². The molecular weight excluding hydrogens is 310 g/mol. The maximum Gasteiger partial charge on any atom is 0.240 e. The van der Waals surface area contributed by atoms with E-state index in [-0.39, 0.29) is 11.4 Å². The molecule has 0 saturated heterocycles. The monoisotopic (exact) mass is 333 g/mol. The molecule has 0 unspecified atom stereocenters. The van der Waals surface area contributed by atoms with E-state index in [9.17, 15) is 13.5 Å². The first-order valence-corrected chi connectivity index (χ1v) is 9.45. The molecule has 1 aromatic rings. The van der Waals surface area contributed by atoms with Crippen LogP contribution in [0.1, 0.15) is 18.9 Å². The fourth-order valence-corrected chi connectivity index (χ4v) is 3.82. The van der Waals surface area contributed by atoms with Gasteiger partial charge in [0.2, 0.25) is 10.0 Å². The van der Waals surface area contributed by atoms with Gasteiger partial charge >= 0.3 is 0 Å². The number of hydrogen-bond donors (Lipinski definition) is 2. The van der Waals surface area contributed by atoms with Gasteiger partial charge in [-0.1, -0.05) is 0 Å². The standard InChI is InChI=1S/C14H23NO4S2/c1-11-9-12(19-3)5-6-13(11)21(17,18)15-10-14(2,16)7-8-20-4/h5-6,9,15-16H,7-8,10H2,1-4H3/t14-/m1/s1. The number of methoxy groups -OCH3 is 1. The molecule has 0 aliphatic heterocycles. The number of rotatable bonds is 8. The number of sulfonamides is 1. The molecule has 5 nitrogen and oxygen atoms in total. The molecule has 2 N–H and O–H groups in total. The van der Waals surface area contributed by atoms with Gasteiger partial charge in [-0.05, 0) is 56.0 Å². The quantitative estimate of drug-likeness (QED) is 0.758. The molecule has 0 aromatic heterocycles. The summed E-state index contributed by atoms with van der Waals surface area (Å²) in [4.78, 5) is 0.198. The van der Waals surface area contributed by atoms with E-state index in [1.807, 2.05) is 6.26 Å². The van der Waals surface area contributed by atoms with Crippen LogP contribution in [0.15, 0.2) is 23.1 Å². The van der Waals surface area contributed by atoms with Gasteiger partial charge in [-0.2, -0.15) is 11.8 Å². The Kier molecular flexibility index (Phi) is 6.52. The van der Waals surface area contributed by atoms with Crippen molar-refractivity contribution in [1.82, 2.24) is 4.72 Å². The van der Waals surface area contributed by atoms with Gasteiger partial charge in [-0.15, -0.1) is 0 Å². The largest absolute Gasteiger partial charge is 0.497 e. The summed E-state index contributed by atoms with van der Waals surface area (Å²) < 4.78 is 32.1. The molecule has 0 bridgehead atoms. The van der Waals surface area contributed by atoms with Crippen molar-refractivity contribution in [3.05, 3.63) is 23.8 Å². The predicted octanol–water partition coefficient (Wildman–Crippen LogP) is 1.79. The first-order chi connectivity index (χ1) is 9.72. The molecule has 0 amide bonds. The van der Waals surface area contributed by atoms with Crippen LogP contribution in [0.3, 0.4) is 0 Å². The normalized spacial score (nSPS) is 14.7. The Labute approximate surface area is 131 Å². The Morgan fingerprint density at radius 1 is 1.43 bits per heavy atom. The van der Waals surface area contributed by atoms with Gasteiger partial charge in [-0.3, -0.25) is 0 Å². The van der Waals surface area contributed by atoms with Crippen LogP contribution in [0.25, 0.3) is 0 Å². The molecule has 1 atom stereocenters. The van der Waals surface area contributed by atoms with E-state index in [0.29, 0.717) is 17.7 Å². The lowest BCUT2D eigenvalue weighted by atomic mass is 10.1. The number of benzene rings is 1. The molecule has 0 aliphatic rings. The van der Waals surface area contributed by atoms with E-state index in [0.717, 1.165) is 5.75 Å². The van der Waals surface area contributed by atoms with Crippen LogP contribution in [0, 0.1) is 6.92 Å². The fourth-order valence-electron chi connectivity index (χ4n) is 1.79. The van der Waals surface area contributed by atoms with E-state index in [4.69, 9.17) is 4.74 Å². The van der Waals surface area contributed by atoms with E-state index in [2.05, 4.69) is 4.72 Å². The van der Waals surface area contributed by atoms with Gasteiger partial charge in [0.1, 0.15) is 5.75 Å². The minimum absolute atomic E-state index is 0.0125. The van der Waals surface area contributed by atoms with Crippen molar-refractivity contribution >= 4 is 21.8 Å². The topological polar surface area (TPSA) is 75.6 Å².